The number of rotatable bonds is 5. The van der Waals surface area contributed by atoms with Gasteiger partial charge in [0.05, 0.1) is 0 Å². The second-order valence-electron chi connectivity index (χ2n) is 5.47. The quantitative estimate of drug-likeness (QED) is 0.409. The Hall–Kier alpha value is -3.33. The van der Waals surface area contributed by atoms with Crippen molar-refractivity contribution < 1.29 is 48.9 Å². The summed E-state index contributed by atoms with van der Waals surface area (Å²) in [5, 5.41) is 18.8. The number of aromatic hydroxyl groups is 2. The zero-order valence-corrected chi connectivity index (χ0v) is 15.5. The summed E-state index contributed by atoms with van der Waals surface area (Å²) in [7, 11) is -10.1. The van der Waals surface area contributed by atoms with Gasteiger partial charge in [0.15, 0.2) is 11.5 Å². The fourth-order valence-corrected chi connectivity index (χ4v) is 3.11. The molecule has 1 aromatic heterocycles. The normalized spacial score (nSPS) is 12.1. The third-order valence-corrected chi connectivity index (χ3v) is 4.21. The number of fused-ring (bicyclic) bond motifs is 1. The Morgan fingerprint density at radius 3 is 2.00 bits per heavy atom. The van der Waals surface area contributed by atoms with Crippen LogP contribution >= 0.6 is 0 Å². The van der Waals surface area contributed by atoms with Gasteiger partial charge in [0.2, 0.25) is 11.2 Å². The van der Waals surface area contributed by atoms with Crippen LogP contribution in [0, 0.1) is 0 Å². The van der Waals surface area contributed by atoms with Crippen LogP contribution in [-0.4, -0.2) is 36.2 Å². The lowest BCUT2D eigenvalue weighted by Crippen LogP contribution is -2.16. The first kappa shape index (κ1) is 20.4. The zero-order chi connectivity index (χ0) is 21.6. The van der Waals surface area contributed by atoms with E-state index >= 15 is 0 Å². The lowest BCUT2D eigenvalue weighted by molar-refractivity contribution is 0.378. The standard InChI is InChI=1S/C15H10O12S2/c16-8-3-1-7(2-4-8)14-15(27-29(22,23)24)13(18)12-10(17)5-9(6-11(12)25-14)26-28(19,20)21/h1-6,16-17H,(H,19,20,21)(H,22,23,24). The maximum atomic E-state index is 12.7. The third kappa shape index (κ3) is 4.57. The summed E-state index contributed by atoms with van der Waals surface area (Å²) in [5.74, 6) is -3.24. The minimum atomic E-state index is -5.18. The van der Waals surface area contributed by atoms with E-state index in [1.54, 1.807) is 0 Å². The molecule has 0 saturated heterocycles. The molecule has 0 atom stereocenters. The Labute approximate surface area is 162 Å². The van der Waals surface area contributed by atoms with Gasteiger partial charge >= 0.3 is 20.8 Å². The lowest BCUT2D eigenvalue weighted by atomic mass is 10.1. The van der Waals surface area contributed by atoms with Crippen LogP contribution in [0.25, 0.3) is 22.3 Å². The van der Waals surface area contributed by atoms with Crippen LogP contribution in [0.15, 0.2) is 45.6 Å². The zero-order valence-electron chi connectivity index (χ0n) is 13.8. The second kappa shape index (κ2) is 6.93. The van der Waals surface area contributed by atoms with Crippen molar-refractivity contribution in [1.29, 1.82) is 0 Å². The summed E-state index contributed by atoms with van der Waals surface area (Å²) in [6.45, 7) is 0. The Kier molecular flexibility index (Phi) is 4.87. The minimum absolute atomic E-state index is 0.0149. The molecule has 0 aliphatic rings. The molecule has 3 rings (SSSR count). The van der Waals surface area contributed by atoms with Crippen molar-refractivity contribution in [3.63, 3.8) is 0 Å². The van der Waals surface area contributed by atoms with Crippen LogP contribution in [0.3, 0.4) is 0 Å². The summed E-state index contributed by atoms with van der Waals surface area (Å²) in [5.41, 5.74) is -1.69. The molecule has 0 amide bonds. The van der Waals surface area contributed by atoms with E-state index in [-0.39, 0.29) is 11.3 Å². The highest BCUT2D eigenvalue weighted by atomic mass is 32.3. The molecule has 0 aliphatic heterocycles. The lowest BCUT2D eigenvalue weighted by Gasteiger charge is -2.11. The fraction of sp³-hybridized carbons (Fsp3) is 0. The maximum absolute atomic E-state index is 12.7. The molecular formula is C15H10O12S2. The predicted molar refractivity (Wildman–Crippen MR) is 95.6 cm³/mol. The molecule has 0 saturated carbocycles. The van der Waals surface area contributed by atoms with Gasteiger partial charge < -0.3 is 23.0 Å². The molecule has 4 N–H and O–H groups in total. The molecule has 12 nitrogen and oxygen atoms in total. The molecule has 3 aromatic rings. The van der Waals surface area contributed by atoms with Crippen LogP contribution in [0.5, 0.6) is 23.0 Å². The summed E-state index contributed by atoms with van der Waals surface area (Å²) in [6, 6.07) is 6.25. The van der Waals surface area contributed by atoms with E-state index in [1.165, 1.54) is 24.3 Å². The topological polar surface area (TPSA) is 198 Å². The van der Waals surface area contributed by atoms with Crippen LogP contribution in [0.1, 0.15) is 0 Å². The Bertz CT molecular complexity index is 1370. The van der Waals surface area contributed by atoms with E-state index < -0.39 is 60.2 Å². The molecule has 14 heteroatoms. The molecule has 0 fully saturated rings. The van der Waals surface area contributed by atoms with Crippen molar-refractivity contribution in [1.82, 2.24) is 0 Å². The van der Waals surface area contributed by atoms with Gasteiger partial charge in [0, 0.05) is 17.7 Å². The highest BCUT2D eigenvalue weighted by Gasteiger charge is 2.25. The van der Waals surface area contributed by atoms with E-state index in [2.05, 4.69) is 8.37 Å². The predicted octanol–water partition coefficient (Wildman–Crippen LogP) is 1.23. The molecule has 0 radical (unpaired) electrons. The molecule has 0 spiro atoms. The largest absolute Gasteiger partial charge is 0.508 e. The fourth-order valence-electron chi connectivity index (χ4n) is 2.41. The van der Waals surface area contributed by atoms with Gasteiger partial charge in [-0.25, -0.2) is 0 Å². The first-order chi connectivity index (χ1) is 13.3. The molecule has 0 bridgehead atoms. The molecule has 0 unspecified atom stereocenters. The highest BCUT2D eigenvalue weighted by molar-refractivity contribution is 7.81. The maximum Gasteiger partial charge on any atom is 0.446 e. The van der Waals surface area contributed by atoms with Crippen molar-refractivity contribution in [2.45, 2.75) is 0 Å². The summed E-state index contributed by atoms with van der Waals surface area (Å²) >= 11 is 0. The smallest absolute Gasteiger partial charge is 0.446 e. The van der Waals surface area contributed by atoms with Gasteiger partial charge in [0.25, 0.3) is 0 Å². The third-order valence-electron chi connectivity index (χ3n) is 3.43. The molecule has 1 heterocycles. The summed E-state index contributed by atoms with van der Waals surface area (Å²) in [6.07, 6.45) is 0. The van der Waals surface area contributed by atoms with Crippen molar-refractivity contribution in [3.05, 3.63) is 46.6 Å². The van der Waals surface area contributed by atoms with Gasteiger partial charge in [-0.3, -0.25) is 13.9 Å². The average Bonchev–Trinajstić information content (AvgIpc) is 2.55. The highest BCUT2D eigenvalue weighted by Crippen LogP contribution is 2.36. The number of benzene rings is 2. The monoisotopic (exact) mass is 446 g/mol. The van der Waals surface area contributed by atoms with Crippen LogP contribution < -0.4 is 13.8 Å². The number of phenols is 2. The summed E-state index contributed by atoms with van der Waals surface area (Å²) in [4.78, 5) is 12.7. The Morgan fingerprint density at radius 2 is 1.45 bits per heavy atom. The van der Waals surface area contributed by atoms with Crippen LogP contribution in [-0.2, 0) is 20.8 Å². The van der Waals surface area contributed by atoms with Crippen molar-refractivity contribution in [2.24, 2.45) is 0 Å². The Balaban J connectivity index is 2.37. The van der Waals surface area contributed by atoms with Gasteiger partial charge in [-0.2, -0.15) is 16.8 Å². The van der Waals surface area contributed by atoms with Crippen LogP contribution in [0.2, 0.25) is 0 Å². The molecule has 154 valence electrons. The van der Waals surface area contributed by atoms with E-state index in [0.29, 0.717) is 6.07 Å². The van der Waals surface area contributed by atoms with Crippen molar-refractivity contribution in [3.8, 4) is 34.3 Å². The van der Waals surface area contributed by atoms with Crippen LogP contribution in [0.4, 0.5) is 0 Å². The molecule has 0 aliphatic carbocycles. The van der Waals surface area contributed by atoms with Crippen molar-refractivity contribution in [2.75, 3.05) is 0 Å². The van der Waals surface area contributed by atoms with Gasteiger partial charge in [0.1, 0.15) is 22.5 Å². The molecular weight excluding hydrogens is 436 g/mol. The number of phenolic OH excluding ortho intramolecular Hbond substituents is 2. The SMILES string of the molecule is O=c1c(OS(=O)(=O)O)c(-c2ccc(O)cc2)oc2cc(OS(=O)(=O)O)cc(O)c12. The van der Waals surface area contributed by atoms with Gasteiger partial charge in [-0.1, -0.05) is 0 Å². The molecule has 2 aromatic carbocycles. The van der Waals surface area contributed by atoms with Gasteiger partial charge in [-0.15, -0.1) is 0 Å². The average molecular weight is 446 g/mol. The van der Waals surface area contributed by atoms with E-state index in [9.17, 15) is 31.8 Å². The van der Waals surface area contributed by atoms with E-state index in [4.69, 9.17) is 13.5 Å². The van der Waals surface area contributed by atoms with Crippen molar-refractivity contribution >= 4 is 31.8 Å². The minimum Gasteiger partial charge on any atom is -0.508 e. The van der Waals surface area contributed by atoms with E-state index in [0.717, 1.165) is 6.07 Å². The Morgan fingerprint density at radius 1 is 0.862 bits per heavy atom. The first-order valence-corrected chi connectivity index (χ1v) is 10.0. The second-order valence-corrected chi connectivity index (χ2v) is 7.52. The number of hydrogen-bond donors (Lipinski definition) is 4. The van der Waals surface area contributed by atoms with Gasteiger partial charge in [-0.05, 0) is 24.3 Å². The first-order valence-electron chi connectivity index (χ1n) is 7.31. The number of hydrogen-bond acceptors (Lipinski definition) is 10. The van der Waals surface area contributed by atoms with E-state index in [1.807, 2.05) is 0 Å². The summed E-state index contributed by atoms with van der Waals surface area (Å²) < 4.78 is 75.7. The molecule has 29 heavy (non-hydrogen) atoms.